The molecule has 4 nitrogen and oxygen atoms in total. The number of carboxylic acid groups (broad SMARTS) is 1. The van der Waals surface area contributed by atoms with E-state index in [1.54, 1.807) is 6.07 Å². The molecule has 0 fully saturated rings. The second kappa shape index (κ2) is 10.1. The quantitative estimate of drug-likeness (QED) is 0.489. The van der Waals surface area contributed by atoms with Crippen LogP contribution in [0.3, 0.4) is 0 Å². The molecular formula is C20H30O4. The van der Waals surface area contributed by atoms with E-state index in [4.69, 9.17) is 4.74 Å². The normalized spacial score (nSPS) is 10.9. The Morgan fingerprint density at radius 2 is 1.88 bits per heavy atom. The van der Waals surface area contributed by atoms with Gasteiger partial charge in [0, 0.05) is 0 Å². The zero-order valence-corrected chi connectivity index (χ0v) is 15.4. The molecule has 24 heavy (non-hydrogen) atoms. The van der Waals surface area contributed by atoms with E-state index < -0.39 is 11.9 Å². The number of aromatic carboxylic acids is 1. The number of esters is 1. The lowest BCUT2D eigenvalue weighted by Crippen LogP contribution is -2.16. The van der Waals surface area contributed by atoms with Crippen LogP contribution in [0.25, 0.3) is 0 Å². The van der Waals surface area contributed by atoms with Crippen LogP contribution in [0.1, 0.15) is 85.2 Å². The first kappa shape index (κ1) is 20.2. The number of rotatable bonds is 10. The van der Waals surface area contributed by atoms with Crippen molar-refractivity contribution in [2.24, 2.45) is 5.92 Å². The van der Waals surface area contributed by atoms with E-state index in [0.717, 1.165) is 43.2 Å². The summed E-state index contributed by atoms with van der Waals surface area (Å²) in [6, 6.07) is 3.50. The van der Waals surface area contributed by atoms with E-state index in [1.807, 2.05) is 19.9 Å². The van der Waals surface area contributed by atoms with Gasteiger partial charge in [0.15, 0.2) is 0 Å². The van der Waals surface area contributed by atoms with Gasteiger partial charge in [0.1, 0.15) is 0 Å². The van der Waals surface area contributed by atoms with Crippen molar-refractivity contribution in [3.05, 3.63) is 34.4 Å². The Morgan fingerprint density at radius 3 is 2.42 bits per heavy atom. The molecule has 0 aliphatic carbocycles. The van der Waals surface area contributed by atoms with E-state index in [1.165, 1.54) is 0 Å². The second-order valence-electron chi connectivity index (χ2n) is 6.56. The molecular weight excluding hydrogens is 304 g/mol. The molecule has 0 aromatic heterocycles. The first-order chi connectivity index (χ1) is 11.4. The van der Waals surface area contributed by atoms with Gasteiger partial charge in [0.2, 0.25) is 0 Å². The minimum Gasteiger partial charge on any atom is -0.478 e. The van der Waals surface area contributed by atoms with E-state index in [-0.39, 0.29) is 11.1 Å². The van der Waals surface area contributed by atoms with Gasteiger partial charge in [0.05, 0.1) is 17.7 Å². The third kappa shape index (κ3) is 5.66. The lowest BCUT2D eigenvalue weighted by atomic mass is 9.91. The Bertz CT molecular complexity index is 561. The van der Waals surface area contributed by atoms with Gasteiger partial charge in [-0.05, 0) is 48.8 Å². The van der Waals surface area contributed by atoms with Crippen molar-refractivity contribution < 1.29 is 19.4 Å². The molecule has 1 rings (SSSR count). The van der Waals surface area contributed by atoms with Gasteiger partial charge in [0.25, 0.3) is 0 Å². The molecule has 1 aromatic carbocycles. The van der Waals surface area contributed by atoms with Crippen LogP contribution < -0.4 is 0 Å². The van der Waals surface area contributed by atoms with Crippen molar-refractivity contribution in [2.75, 3.05) is 6.61 Å². The van der Waals surface area contributed by atoms with Gasteiger partial charge in [-0.2, -0.15) is 0 Å². The monoisotopic (exact) mass is 334 g/mol. The highest BCUT2D eigenvalue weighted by molar-refractivity contribution is 6.03. The fourth-order valence-corrected chi connectivity index (χ4v) is 2.83. The third-order valence-corrected chi connectivity index (χ3v) is 4.16. The molecule has 0 heterocycles. The smallest absolute Gasteiger partial charge is 0.339 e. The zero-order chi connectivity index (χ0) is 18.1. The van der Waals surface area contributed by atoms with Crippen molar-refractivity contribution in [3.8, 4) is 0 Å². The maximum Gasteiger partial charge on any atom is 0.339 e. The number of aryl methyl sites for hydroxylation is 1. The molecule has 0 spiro atoms. The van der Waals surface area contributed by atoms with Crippen molar-refractivity contribution in [1.82, 2.24) is 0 Å². The lowest BCUT2D eigenvalue weighted by molar-refractivity contribution is 0.0489. The zero-order valence-electron chi connectivity index (χ0n) is 15.4. The highest BCUT2D eigenvalue weighted by Gasteiger charge is 2.23. The van der Waals surface area contributed by atoms with Crippen LogP contribution in [0.4, 0.5) is 0 Å². The average molecular weight is 334 g/mol. The lowest BCUT2D eigenvalue weighted by Gasteiger charge is -2.15. The fourth-order valence-electron chi connectivity index (χ4n) is 2.83. The first-order valence-electron chi connectivity index (χ1n) is 8.97. The van der Waals surface area contributed by atoms with Crippen LogP contribution in [0, 0.1) is 5.92 Å². The average Bonchev–Trinajstić information content (AvgIpc) is 2.53. The number of carboxylic acids is 1. The molecule has 0 radical (unpaired) electrons. The molecule has 0 atom stereocenters. The summed E-state index contributed by atoms with van der Waals surface area (Å²) in [5.41, 5.74) is 2.07. The SMILES string of the molecule is CCCCOC(=O)c1ccc(CCCC(C)C)c(CC)c1C(=O)O. The number of carbonyl (C=O) groups excluding carboxylic acids is 1. The predicted octanol–water partition coefficient (Wildman–Crippen LogP) is 4.88. The number of unbranched alkanes of at least 4 members (excludes halogenated alkanes) is 1. The first-order valence-corrected chi connectivity index (χ1v) is 8.97. The van der Waals surface area contributed by atoms with Gasteiger partial charge in [-0.3, -0.25) is 0 Å². The van der Waals surface area contributed by atoms with Crippen LogP contribution in [0.2, 0.25) is 0 Å². The summed E-state index contributed by atoms with van der Waals surface area (Å²) in [7, 11) is 0. The van der Waals surface area contributed by atoms with Crippen LogP contribution >= 0.6 is 0 Å². The van der Waals surface area contributed by atoms with Crippen LogP contribution in [0.5, 0.6) is 0 Å². The van der Waals surface area contributed by atoms with E-state index in [2.05, 4.69) is 13.8 Å². The predicted molar refractivity (Wildman–Crippen MR) is 95.7 cm³/mol. The Kier molecular flexibility index (Phi) is 8.51. The minimum atomic E-state index is -1.06. The number of ether oxygens (including phenoxy) is 1. The molecule has 1 aromatic rings. The number of carbonyl (C=O) groups is 2. The summed E-state index contributed by atoms with van der Waals surface area (Å²) < 4.78 is 5.21. The van der Waals surface area contributed by atoms with E-state index in [9.17, 15) is 14.7 Å². The largest absolute Gasteiger partial charge is 0.478 e. The van der Waals surface area contributed by atoms with Gasteiger partial charge >= 0.3 is 11.9 Å². The topological polar surface area (TPSA) is 63.6 Å². The number of hydrogen-bond donors (Lipinski definition) is 1. The standard InChI is InChI=1S/C20H30O4/c1-5-7-13-24-20(23)17-12-11-15(10-8-9-14(3)4)16(6-2)18(17)19(21)22/h11-12,14H,5-10,13H2,1-4H3,(H,21,22). The molecule has 0 amide bonds. The van der Waals surface area contributed by atoms with E-state index >= 15 is 0 Å². The van der Waals surface area contributed by atoms with Crippen LogP contribution in [-0.4, -0.2) is 23.7 Å². The second-order valence-corrected chi connectivity index (χ2v) is 6.56. The molecule has 0 bridgehead atoms. The molecule has 0 saturated heterocycles. The fraction of sp³-hybridized carbons (Fsp3) is 0.600. The van der Waals surface area contributed by atoms with Crippen molar-refractivity contribution in [3.63, 3.8) is 0 Å². The van der Waals surface area contributed by atoms with Gasteiger partial charge in [-0.25, -0.2) is 9.59 Å². The molecule has 0 saturated carbocycles. The molecule has 4 heteroatoms. The Hall–Kier alpha value is -1.84. The molecule has 0 aliphatic heterocycles. The van der Waals surface area contributed by atoms with Crippen LogP contribution in [-0.2, 0) is 17.6 Å². The highest BCUT2D eigenvalue weighted by atomic mass is 16.5. The Morgan fingerprint density at radius 1 is 1.17 bits per heavy atom. The summed E-state index contributed by atoms with van der Waals surface area (Å²) >= 11 is 0. The number of hydrogen-bond acceptors (Lipinski definition) is 3. The van der Waals surface area contributed by atoms with Crippen molar-refractivity contribution in [1.29, 1.82) is 0 Å². The van der Waals surface area contributed by atoms with E-state index in [0.29, 0.717) is 18.9 Å². The summed E-state index contributed by atoms with van der Waals surface area (Å²) in [5, 5.41) is 9.63. The maximum atomic E-state index is 12.2. The third-order valence-electron chi connectivity index (χ3n) is 4.16. The molecule has 134 valence electrons. The van der Waals surface area contributed by atoms with Crippen molar-refractivity contribution in [2.45, 2.75) is 66.2 Å². The summed E-state index contributed by atoms with van der Waals surface area (Å²) in [6.45, 7) is 8.63. The summed E-state index contributed by atoms with van der Waals surface area (Å²) in [6.07, 6.45) is 5.26. The van der Waals surface area contributed by atoms with Gasteiger partial charge < -0.3 is 9.84 Å². The minimum absolute atomic E-state index is 0.112. The van der Waals surface area contributed by atoms with Gasteiger partial charge in [-0.1, -0.05) is 46.6 Å². The van der Waals surface area contributed by atoms with Gasteiger partial charge in [-0.15, -0.1) is 0 Å². The molecule has 0 unspecified atom stereocenters. The summed E-state index contributed by atoms with van der Waals surface area (Å²) in [4.78, 5) is 24.0. The van der Waals surface area contributed by atoms with Crippen molar-refractivity contribution >= 4 is 11.9 Å². The Labute approximate surface area is 145 Å². The highest BCUT2D eigenvalue weighted by Crippen LogP contribution is 2.24. The molecule has 1 N–H and O–H groups in total. The molecule has 0 aliphatic rings. The summed E-state index contributed by atoms with van der Waals surface area (Å²) in [5.74, 6) is -0.967. The maximum absolute atomic E-state index is 12.2. The van der Waals surface area contributed by atoms with Crippen LogP contribution in [0.15, 0.2) is 12.1 Å². The Balaban J connectivity index is 3.09. The number of benzene rings is 1.